The molecule has 2 rings (SSSR count). The van der Waals surface area contributed by atoms with Crippen LogP contribution < -0.4 is 9.47 Å². The second-order valence-corrected chi connectivity index (χ2v) is 8.22. The summed E-state index contributed by atoms with van der Waals surface area (Å²) in [7, 11) is 0.426. The number of sulfonamides is 1. The van der Waals surface area contributed by atoms with Crippen LogP contribution in [0.2, 0.25) is 0 Å². The van der Waals surface area contributed by atoms with Crippen LogP contribution in [0.5, 0.6) is 11.5 Å². The number of methoxy groups -OCH3 is 3. The van der Waals surface area contributed by atoms with Crippen LogP contribution in [-0.4, -0.2) is 64.6 Å². The fourth-order valence-electron chi connectivity index (χ4n) is 2.43. The molecule has 0 aliphatic carbocycles. The van der Waals surface area contributed by atoms with E-state index in [4.69, 9.17) is 9.47 Å². The fraction of sp³-hybridized carbons (Fsp3) is 0.533. The minimum atomic E-state index is -3.73. The van der Waals surface area contributed by atoms with Gasteiger partial charge in [-0.3, -0.25) is 4.79 Å². The van der Waals surface area contributed by atoms with Crippen molar-refractivity contribution in [1.29, 1.82) is 0 Å². The van der Waals surface area contributed by atoms with Gasteiger partial charge in [0.1, 0.15) is 0 Å². The molecule has 1 aliphatic heterocycles. The van der Waals surface area contributed by atoms with Gasteiger partial charge in [0, 0.05) is 30.7 Å². The largest absolute Gasteiger partial charge is 0.493 e. The van der Waals surface area contributed by atoms with Gasteiger partial charge in [0.25, 0.3) is 0 Å². The van der Waals surface area contributed by atoms with Gasteiger partial charge < -0.3 is 14.2 Å². The highest BCUT2D eigenvalue weighted by molar-refractivity contribution is 7.99. The van der Waals surface area contributed by atoms with Gasteiger partial charge in [0.05, 0.1) is 32.6 Å². The van der Waals surface area contributed by atoms with E-state index in [9.17, 15) is 13.2 Å². The van der Waals surface area contributed by atoms with Crippen molar-refractivity contribution in [3.63, 3.8) is 0 Å². The Morgan fingerprint density at radius 3 is 2.25 bits per heavy atom. The quantitative estimate of drug-likeness (QED) is 0.690. The minimum Gasteiger partial charge on any atom is -0.493 e. The average Bonchev–Trinajstić information content (AvgIpc) is 2.61. The first-order valence-corrected chi connectivity index (χ1v) is 9.93. The molecule has 1 aliphatic rings. The zero-order valence-corrected chi connectivity index (χ0v) is 15.5. The van der Waals surface area contributed by atoms with Crippen LogP contribution in [0.1, 0.15) is 5.56 Å². The standard InChI is InChI=1S/C15H21NO6S2/c1-20-12-8-11(9-15(17)22-3)14(10-13(12)21-2)24(18,19)16-4-6-23-7-5-16/h8,10H,4-7,9H2,1-3H3. The van der Waals surface area contributed by atoms with Gasteiger partial charge in [-0.25, -0.2) is 8.42 Å². The Kier molecular flexibility index (Phi) is 6.36. The van der Waals surface area contributed by atoms with E-state index in [1.165, 1.54) is 37.8 Å². The molecule has 0 radical (unpaired) electrons. The zero-order chi connectivity index (χ0) is 17.7. The van der Waals surface area contributed by atoms with E-state index < -0.39 is 16.0 Å². The molecule has 1 aromatic carbocycles. The Morgan fingerprint density at radius 1 is 1.12 bits per heavy atom. The number of nitrogens with zero attached hydrogens (tertiary/aromatic N) is 1. The second kappa shape index (κ2) is 8.09. The van der Waals surface area contributed by atoms with E-state index >= 15 is 0 Å². The molecule has 1 fully saturated rings. The lowest BCUT2D eigenvalue weighted by molar-refractivity contribution is -0.139. The lowest BCUT2D eigenvalue weighted by Gasteiger charge is -2.27. The van der Waals surface area contributed by atoms with Crippen LogP contribution in [0.4, 0.5) is 0 Å². The second-order valence-electron chi connectivity index (χ2n) is 5.08. The van der Waals surface area contributed by atoms with Crippen LogP contribution >= 0.6 is 11.8 Å². The Labute approximate surface area is 146 Å². The Balaban J connectivity index is 2.54. The molecule has 0 atom stereocenters. The minimum absolute atomic E-state index is 0.0532. The monoisotopic (exact) mass is 375 g/mol. The van der Waals surface area contributed by atoms with Gasteiger partial charge >= 0.3 is 5.97 Å². The Hall–Kier alpha value is -1.45. The van der Waals surface area contributed by atoms with Crippen molar-refractivity contribution in [2.75, 3.05) is 45.9 Å². The first-order chi connectivity index (χ1) is 11.4. The number of esters is 1. The molecule has 0 amide bonds. The number of carbonyl (C=O) groups is 1. The lowest BCUT2D eigenvalue weighted by Crippen LogP contribution is -2.38. The highest BCUT2D eigenvalue weighted by Crippen LogP contribution is 2.35. The summed E-state index contributed by atoms with van der Waals surface area (Å²) >= 11 is 1.72. The summed E-state index contributed by atoms with van der Waals surface area (Å²) in [4.78, 5) is 11.7. The number of hydrogen-bond acceptors (Lipinski definition) is 7. The number of hydrogen-bond donors (Lipinski definition) is 0. The van der Waals surface area contributed by atoms with Crippen molar-refractivity contribution in [1.82, 2.24) is 4.31 Å². The van der Waals surface area contributed by atoms with Crippen LogP contribution in [0.3, 0.4) is 0 Å². The number of ether oxygens (including phenoxy) is 3. The Morgan fingerprint density at radius 2 is 1.71 bits per heavy atom. The first-order valence-electron chi connectivity index (χ1n) is 7.33. The van der Waals surface area contributed by atoms with Gasteiger partial charge in [0.15, 0.2) is 11.5 Å². The fourth-order valence-corrected chi connectivity index (χ4v) is 5.23. The summed E-state index contributed by atoms with van der Waals surface area (Å²) in [6.07, 6.45) is -0.159. The maximum absolute atomic E-state index is 13.0. The molecule has 0 spiro atoms. The predicted octanol–water partition coefficient (Wildman–Crippen LogP) is 1.16. The van der Waals surface area contributed by atoms with E-state index in [-0.39, 0.29) is 11.3 Å². The van der Waals surface area contributed by atoms with Crippen molar-refractivity contribution < 1.29 is 27.4 Å². The summed E-state index contributed by atoms with van der Waals surface area (Å²) in [5.74, 6) is 1.64. The van der Waals surface area contributed by atoms with Crippen molar-refractivity contribution >= 4 is 27.8 Å². The summed E-state index contributed by atoms with van der Waals surface area (Å²) in [6, 6.07) is 2.93. The van der Waals surface area contributed by atoms with E-state index in [1.807, 2.05) is 0 Å². The van der Waals surface area contributed by atoms with Gasteiger partial charge in [0.2, 0.25) is 10.0 Å². The van der Waals surface area contributed by atoms with Crippen molar-refractivity contribution in [2.45, 2.75) is 11.3 Å². The topological polar surface area (TPSA) is 82.1 Å². The molecule has 0 bridgehead atoms. The zero-order valence-electron chi connectivity index (χ0n) is 13.9. The number of thioether (sulfide) groups is 1. The molecule has 24 heavy (non-hydrogen) atoms. The third kappa shape index (κ3) is 3.96. The van der Waals surface area contributed by atoms with Crippen molar-refractivity contribution in [3.05, 3.63) is 17.7 Å². The molecule has 7 nitrogen and oxygen atoms in total. The SMILES string of the molecule is COC(=O)Cc1cc(OC)c(OC)cc1S(=O)(=O)N1CCSCC1. The van der Waals surface area contributed by atoms with E-state index in [2.05, 4.69) is 4.74 Å². The van der Waals surface area contributed by atoms with Crippen LogP contribution in [0.25, 0.3) is 0 Å². The van der Waals surface area contributed by atoms with Crippen molar-refractivity contribution in [2.24, 2.45) is 0 Å². The molecule has 0 N–H and O–H groups in total. The molecule has 0 unspecified atom stereocenters. The van der Waals surface area contributed by atoms with Crippen LogP contribution in [0, 0.1) is 0 Å². The molecule has 0 aromatic heterocycles. The summed E-state index contributed by atoms with van der Waals surface area (Å²) in [5, 5.41) is 0. The van der Waals surface area contributed by atoms with Crippen molar-refractivity contribution in [3.8, 4) is 11.5 Å². The maximum Gasteiger partial charge on any atom is 0.310 e. The third-order valence-electron chi connectivity index (χ3n) is 3.72. The van der Waals surface area contributed by atoms with Gasteiger partial charge in [-0.15, -0.1) is 0 Å². The average molecular weight is 375 g/mol. The van der Waals surface area contributed by atoms with E-state index in [0.717, 1.165) is 11.5 Å². The first kappa shape index (κ1) is 18.9. The molecule has 134 valence electrons. The number of benzene rings is 1. The molecular formula is C15H21NO6S2. The van der Waals surface area contributed by atoms with Gasteiger partial charge in [-0.1, -0.05) is 0 Å². The lowest BCUT2D eigenvalue weighted by atomic mass is 10.1. The molecule has 1 heterocycles. The maximum atomic E-state index is 13.0. The van der Waals surface area contributed by atoms with E-state index in [1.54, 1.807) is 11.8 Å². The Bertz CT molecular complexity index is 698. The molecule has 0 saturated carbocycles. The highest BCUT2D eigenvalue weighted by atomic mass is 32.2. The summed E-state index contributed by atoms with van der Waals surface area (Å²) in [5.41, 5.74) is 0.331. The smallest absolute Gasteiger partial charge is 0.310 e. The highest BCUT2D eigenvalue weighted by Gasteiger charge is 2.30. The van der Waals surface area contributed by atoms with Crippen LogP contribution in [0.15, 0.2) is 17.0 Å². The van der Waals surface area contributed by atoms with E-state index in [0.29, 0.717) is 30.2 Å². The summed E-state index contributed by atoms with van der Waals surface area (Å²) < 4.78 is 42.6. The summed E-state index contributed by atoms with van der Waals surface area (Å²) in [6.45, 7) is 0.887. The number of carbonyl (C=O) groups excluding carboxylic acids is 1. The van der Waals surface area contributed by atoms with Gasteiger partial charge in [-0.05, 0) is 11.6 Å². The number of rotatable bonds is 6. The molecule has 1 saturated heterocycles. The van der Waals surface area contributed by atoms with Gasteiger partial charge in [-0.2, -0.15) is 16.1 Å². The van der Waals surface area contributed by atoms with Crippen LogP contribution in [-0.2, 0) is 26.0 Å². The molecule has 1 aromatic rings. The normalized spacial score (nSPS) is 15.8. The third-order valence-corrected chi connectivity index (χ3v) is 6.64. The molecule has 9 heteroatoms. The molecular weight excluding hydrogens is 354 g/mol. The predicted molar refractivity (Wildman–Crippen MR) is 91.3 cm³/mol.